The Morgan fingerprint density at radius 2 is 2.16 bits per heavy atom. The Hall–Kier alpha value is -2.24. The molecule has 3 N–H and O–H groups in total. The number of aromatic nitrogens is 2. The van der Waals surface area contributed by atoms with Crippen molar-refractivity contribution in [2.24, 2.45) is 0 Å². The molecule has 0 saturated heterocycles. The highest BCUT2D eigenvalue weighted by Gasteiger charge is 2.07. The highest BCUT2D eigenvalue weighted by atomic mass is 19.1. The third-order valence-electron chi connectivity index (χ3n) is 2.94. The lowest BCUT2D eigenvalue weighted by molar-refractivity contribution is 0.423. The molecule has 0 amide bonds. The van der Waals surface area contributed by atoms with Crippen molar-refractivity contribution in [2.45, 2.75) is 20.0 Å². The number of aryl methyl sites for hydroxylation is 1. The van der Waals surface area contributed by atoms with E-state index in [0.29, 0.717) is 12.1 Å². The Morgan fingerprint density at radius 3 is 2.84 bits per heavy atom. The zero-order chi connectivity index (χ0) is 13.8. The van der Waals surface area contributed by atoms with E-state index in [1.54, 1.807) is 16.9 Å². The summed E-state index contributed by atoms with van der Waals surface area (Å²) in [6.07, 6.45) is 1.63. The van der Waals surface area contributed by atoms with Gasteiger partial charge in [-0.25, -0.2) is 4.39 Å². The van der Waals surface area contributed by atoms with E-state index in [2.05, 4.69) is 10.4 Å². The van der Waals surface area contributed by atoms with Gasteiger partial charge in [-0.1, -0.05) is 0 Å². The van der Waals surface area contributed by atoms with Gasteiger partial charge in [-0.05, 0) is 19.1 Å². The summed E-state index contributed by atoms with van der Waals surface area (Å²) in [6.45, 7) is 2.02. The first kappa shape index (κ1) is 13.2. The molecule has 0 bridgehead atoms. The predicted octanol–water partition coefficient (Wildman–Crippen LogP) is 2.18. The van der Waals surface area contributed by atoms with E-state index < -0.39 is 6.67 Å². The largest absolute Gasteiger partial charge is 0.508 e. The first-order chi connectivity index (χ1) is 9.11. The summed E-state index contributed by atoms with van der Waals surface area (Å²) in [5.74, 6) is 0.0505. The van der Waals surface area contributed by atoms with E-state index >= 15 is 0 Å². The van der Waals surface area contributed by atoms with Gasteiger partial charge in [0.15, 0.2) is 0 Å². The predicted molar refractivity (Wildman–Crippen MR) is 70.0 cm³/mol. The molecule has 2 aromatic rings. The van der Waals surface area contributed by atoms with Gasteiger partial charge in [0.25, 0.3) is 0 Å². The lowest BCUT2D eigenvalue weighted by atomic mass is 10.2. The number of alkyl halides is 1. The second-order valence-corrected chi connectivity index (χ2v) is 4.22. The fourth-order valence-electron chi connectivity index (χ4n) is 1.82. The summed E-state index contributed by atoms with van der Waals surface area (Å²) in [6, 6.07) is 4.44. The van der Waals surface area contributed by atoms with Crippen LogP contribution in [0.1, 0.15) is 11.3 Å². The summed E-state index contributed by atoms with van der Waals surface area (Å²) < 4.78 is 13.9. The number of phenols is 2. The van der Waals surface area contributed by atoms with E-state index in [9.17, 15) is 14.6 Å². The molecule has 1 heterocycles. The molecule has 6 heteroatoms. The average Bonchev–Trinajstić information content (AvgIpc) is 2.71. The molecule has 2 rings (SSSR count). The van der Waals surface area contributed by atoms with Gasteiger partial charge < -0.3 is 15.5 Å². The van der Waals surface area contributed by atoms with E-state index in [1.165, 1.54) is 12.1 Å². The molecule has 0 unspecified atom stereocenters. The van der Waals surface area contributed by atoms with Crippen molar-refractivity contribution in [1.82, 2.24) is 9.78 Å². The Morgan fingerprint density at radius 1 is 1.37 bits per heavy atom. The fraction of sp³-hybridized carbons (Fsp3) is 0.308. The molecule has 0 fully saturated rings. The first-order valence-corrected chi connectivity index (χ1v) is 5.95. The fourth-order valence-corrected chi connectivity index (χ4v) is 1.82. The normalized spacial score (nSPS) is 10.6. The molecular formula is C13H16FN3O2. The minimum absolute atomic E-state index is 0.0215. The highest BCUT2D eigenvalue weighted by molar-refractivity contribution is 5.48. The quantitative estimate of drug-likeness (QED) is 0.775. The molecule has 0 aliphatic rings. The SMILES string of the molecule is Cc1c(NCc2ccc(O)cc2O)cnn1CCF. The molecule has 102 valence electrons. The first-order valence-electron chi connectivity index (χ1n) is 5.95. The van der Waals surface area contributed by atoms with Crippen molar-refractivity contribution in [3.8, 4) is 11.5 Å². The monoisotopic (exact) mass is 265 g/mol. The summed E-state index contributed by atoms with van der Waals surface area (Å²) >= 11 is 0. The Balaban J connectivity index is 2.06. The number of aromatic hydroxyl groups is 2. The number of hydrogen-bond donors (Lipinski definition) is 3. The minimum atomic E-state index is -0.458. The maximum atomic E-state index is 12.3. The van der Waals surface area contributed by atoms with Gasteiger partial charge in [-0.15, -0.1) is 0 Å². The molecule has 0 atom stereocenters. The Bertz CT molecular complexity index is 569. The van der Waals surface area contributed by atoms with Gasteiger partial charge in [0.1, 0.15) is 18.2 Å². The topological polar surface area (TPSA) is 70.3 Å². The minimum Gasteiger partial charge on any atom is -0.508 e. The van der Waals surface area contributed by atoms with E-state index in [1.807, 2.05) is 6.92 Å². The maximum absolute atomic E-state index is 12.3. The van der Waals surface area contributed by atoms with Crippen molar-refractivity contribution in [3.05, 3.63) is 35.7 Å². The van der Waals surface area contributed by atoms with Gasteiger partial charge in [0.2, 0.25) is 0 Å². The zero-order valence-corrected chi connectivity index (χ0v) is 10.6. The summed E-state index contributed by atoms with van der Waals surface area (Å²) in [4.78, 5) is 0. The van der Waals surface area contributed by atoms with E-state index in [0.717, 1.165) is 11.4 Å². The summed E-state index contributed by atoms with van der Waals surface area (Å²) in [5, 5.41) is 26.0. The molecule has 1 aromatic carbocycles. The molecule has 0 spiro atoms. The average molecular weight is 265 g/mol. The van der Waals surface area contributed by atoms with Crippen molar-refractivity contribution >= 4 is 5.69 Å². The van der Waals surface area contributed by atoms with Crippen molar-refractivity contribution in [3.63, 3.8) is 0 Å². The third-order valence-corrected chi connectivity index (χ3v) is 2.94. The van der Waals surface area contributed by atoms with Gasteiger partial charge >= 0.3 is 0 Å². The molecule has 19 heavy (non-hydrogen) atoms. The molecule has 0 aliphatic carbocycles. The van der Waals surface area contributed by atoms with Gasteiger partial charge in [-0.2, -0.15) is 5.10 Å². The van der Waals surface area contributed by atoms with Crippen LogP contribution in [0.15, 0.2) is 24.4 Å². The summed E-state index contributed by atoms with van der Waals surface area (Å²) in [7, 11) is 0. The van der Waals surface area contributed by atoms with Crippen molar-refractivity contribution < 1.29 is 14.6 Å². The molecule has 0 radical (unpaired) electrons. The number of hydrogen-bond acceptors (Lipinski definition) is 4. The molecular weight excluding hydrogens is 249 g/mol. The smallest absolute Gasteiger partial charge is 0.124 e. The van der Waals surface area contributed by atoms with Gasteiger partial charge in [-0.3, -0.25) is 4.68 Å². The molecule has 0 saturated carbocycles. The second-order valence-electron chi connectivity index (χ2n) is 4.22. The lowest BCUT2D eigenvalue weighted by Gasteiger charge is -2.08. The van der Waals surface area contributed by atoms with Crippen LogP contribution in [-0.4, -0.2) is 26.7 Å². The number of halogens is 1. The lowest BCUT2D eigenvalue weighted by Crippen LogP contribution is -2.05. The third kappa shape index (κ3) is 2.96. The van der Waals surface area contributed by atoms with Crippen LogP contribution in [0, 0.1) is 6.92 Å². The van der Waals surface area contributed by atoms with Crippen molar-refractivity contribution in [2.75, 3.05) is 12.0 Å². The standard InChI is InChI=1S/C13H16FN3O2/c1-9-12(8-16-17(9)5-4-14)15-7-10-2-3-11(18)6-13(10)19/h2-3,6,8,15,18-19H,4-5,7H2,1H3. The molecule has 5 nitrogen and oxygen atoms in total. The van der Waals surface area contributed by atoms with Crippen LogP contribution in [0.25, 0.3) is 0 Å². The van der Waals surface area contributed by atoms with Gasteiger partial charge in [0, 0.05) is 18.2 Å². The van der Waals surface area contributed by atoms with Crippen LogP contribution in [0.3, 0.4) is 0 Å². The molecule has 1 aromatic heterocycles. The van der Waals surface area contributed by atoms with Crippen LogP contribution < -0.4 is 5.32 Å². The molecule has 0 aliphatic heterocycles. The van der Waals surface area contributed by atoms with Crippen LogP contribution in [0.5, 0.6) is 11.5 Å². The van der Waals surface area contributed by atoms with Crippen LogP contribution in [-0.2, 0) is 13.1 Å². The van der Waals surface area contributed by atoms with Crippen molar-refractivity contribution in [1.29, 1.82) is 0 Å². The Labute approximate surface area is 110 Å². The number of nitrogens with zero attached hydrogens (tertiary/aromatic N) is 2. The zero-order valence-electron chi connectivity index (χ0n) is 10.6. The highest BCUT2D eigenvalue weighted by Crippen LogP contribution is 2.24. The van der Waals surface area contributed by atoms with Crippen LogP contribution >= 0.6 is 0 Å². The number of nitrogens with one attached hydrogen (secondary N) is 1. The van der Waals surface area contributed by atoms with E-state index in [4.69, 9.17) is 0 Å². The summed E-state index contributed by atoms with van der Waals surface area (Å²) in [5.41, 5.74) is 2.30. The number of benzene rings is 1. The number of rotatable bonds is 5. The Kier molecular flexibility index (Phi) is 3.89. The second kappa shape index (κ2) is 5.60. The maximum Gasteiger partial charge on any atom is 0.124 e. The van der Waals surface area contributed by atoms with Gasteiger partial charge in [0.05, 0.1) is 24.1 Å². The number of phenolic OH excluding ortho intramolecular Hbond substituents is 2. The number of anilines is 1. The van der Waals surface area contributed by atoms with Crippen LogP contribution in [0.2, 0.25) is 0 Å². The van der Waals surface area contributed by atoms with Crippen LogP contribution in [0.4, 0.5) is 10.1 Å². The van der Waals surface area contributed by atoms with E-state index in [-0.39, 0.29) is 18.0 Å².